The summed E-state index contributed by atoms with van der Waals surface area (Å²) < 4.78 is 76.6. The maximum absolute atomic E-state index is 12.5. The summed E-state index contributed by atoms with van der Waals surface area (Å²) in [6.45, 7) is 0. The Morgan fingerprint density at radius 3 is 1.85 bits per heavy atom. The van der Waals surface area contributed by atoms with Crippen LogP contribution in [0.25, 0.3) is 0 Å². The van der Waals surface area contributed by atoms with Crippen LogP contribution in [0.4, 0.5) is 26.3 Å². The Labute approximate surface area is 108 Å². The topological polar surface area (TPSA) is 43.4 Å². The fraction of sp³-hybridized carbons (Fsp3) is 0.273. The number of benzene rings is 1. The van der Waals surface area contributed by atoms with E-state index < -0.39 is 35.8 Å². The number of Topliss-reactive ketones (excluding diaryl/α,β-unsaturated/α-hetero) is 1. The molecular weight excluding hydrogens is 294 g/mol. The van der Waals surface area contributed by atoms with Gasteiger partial charge in [-0.05, 0) is 0 Å². The Morgan fingerprint density at radius 1 is 0.950 bits per heavy atom. The monoisotopic (exact) mass is 300 g/mol. The van der Waals surface area contributed by atoms with Gasteiger partial charge in [0.15, 0.2) is 0 Å². The first-order valence-corrected chi connectivity index (χ1v) is 4.97. The Bertz CT molecular complexity index is 491. The number of hydrogen-bond acceptors (Lipinski definition) is 3. The molecule has 0 aliphatic carbocycles. The number of esters is 1. The Kier molecular flexibility index (Phi) is 4.41. The van der Waals surface area contributed by atoms with Gasteiger partial charge in [0.05, 0.1) is 0 Å². The van der Waals surface area contributed by atoms with E-state index >= 15 is 0 Å². The molecule has 0 aromatic heterocycles. The third-order valence-corrected chi connectivity index (χ3v) is 2.05. The van der Waals surface area contributed by atoms with E-state index in [4.69, 9.17) is 0 Å². The highest BCUT2D eigenvalue weighted by molar-refractivity contribution is 6.01. The molecule has 0 radical (unpaired) electrons. The number of alkyl halides is 6. The number of ketones is 1. The highest BCUT2D eigenvalue weighted by Crippen LogP contribution is 2.28. The molecule has 9 heteroatoms. The van der Waals surface area contributed by atoms with Gasteiger partial charge in [-0.2, -0.15) is 26.3 Å². The van der Waals surface area contributed by atoms with Gasteiger partial charge in [0.2, 0.25) is 5.78 Å². The van der Waals surface area contributed by atoms with Crippen molar-refractivity contribution in [2.45, 2.75) is 18.5 Å². The van der Waals surface area contributed by atoms with Crippen molar-refractivity contribution in [3.05, 3.63) is 35.9 Å². The molecule has 1 atom stereocenters. The molecule has 20 heavy (non-hydrogen) atoms. The molecule has 1 aromatic rings. The zero-order valence-electron chi connectivity index (χ0n) is 9.46. The summed E-state index contributed by atoms with van der Waals surface area (Å²) in [5, 5.41) is 0. The molecular formula is C11H6F6O3. The van der Waals surface area contributed by atoms with Gasteiger partial charge in [-0.3, -0.25) is 4.79 Å². The second kappa shape index (κ2) is 5.51. The van der Waals surface area contributed by atoms with E-state index in [-0.39, 0.29) is 0 Å². The van der Waals surface area contributed by atoms with Crippen molar-refractivity contribution >= 4 is 11.8 Å². The molecule has 0 saturated heterocycles. The Balaban J connectivity index is 3.03. The third-order valence-electron chi connectivity index (χ3n) is 2.05. The Morgan fingerprint density at radius 2 is 1.45 bits per heavy atom. The predicted molar refractivity (Wildman–Crippen MR) is 52.8 cm³/mol. The SMILES string of the molecule is O=C(c1ccccc1)C(OC(=O)C(F)(F)F)C(F)(F)F. The van der Waals surface area contributed by atoms with Crippen LogP contribution in [0.3, 0.4) is 0 Å². The second-order valence-electron chi connectivity index (χ2n) is 3.55. The smallest absolute Gasteiger partial charge is 0.437 e. The van der Waals surface area contributed by atoms with Crippen LogP contribution in [0.15, 0.2) is 30.3 Å². The lowest BCUT2D eigenvalue weighted by Crippen LogP contribution is -2.43. The number of rotatable bonds is 3. The van der Waals surface area contributed by atoms with Gasteiger partial charge in [-0.15, -0.1) is 0 Å². The summed E-state index contributed by atoms with van der Waals surface area (Å²) >= 11 is 0. The van der Waals surface area contributed by atoms with Crippen LogP contribution in [0.1, 0.15) is 10.4 Å². The van der Waals surface area contributed by atoms with E-state index in [0.717, 1.165) is 12.1 Å². The predicted octanol–water partition coefficient (Wildman–Crippen LogP) is 2.91. The van der Waals surface area contributed by atoms with Crippen molar-refractivity contribution < 1.29 is 40.7 Å². The molecule has 0 amide bonds. The minimum atomic E-state index is -5.62. The van der Waals surface area contributed by atoms with Crippen molar-refractivity contribution in [2.24, 2.45) is 0 Å². The maximum Gasteiger partial charge on any atom is 0.490 e. The first-order valence-electron chi connectivity index (χ1n) is 4.97. The van der Waals surface area contributed by atoms with Crippen LogP contribution < -0.4 is 0 Å². The summed E-state index contributed by atoms with van der Waals surface area (Å²) in [5.74, 6) is -4.86. The lowest BCUT2D eigenvalue weighted by atomic mass is 10.1. The summed E-state index contributed by atoms with van der Waals surface area (Å²) in [4.78, 5) is 21.9. The summed E-state index contributed by atoms with van der Waals surface area (Å²) in [6, 6.07) is 5.74. The molecule has 1 aromatic carbocycles. The molecule has 110 valence electrons. The Hall–Kier alpha value is -2.06. The lowest BCUT2D eigenvalue weighted by Gasteiger charge is -2.20. The average molecular weight is 300 g/mol. The first kappa shape index (κ1) is 16.0. The van der Waals surface area contributed by atoms with E-state index in [1.54, 1.807) is 0 Å². The maximum atomic E-state index is 12.5. The van der Waals surface area contributed by atoms with Crippen LogP contribution in [-0.4, -0.2) is 30.2 Å². The van der Waals surface area contributed by atoms with Crippen LogP contribution in [0.5, 0.6) is 0 Å². The van der Waals surface area contributed by atoms with Gasteiger partial charge in [0.25, 0.3) is 6.10 Å². The highest BCUT2D eigenvalue weighted by Gasteiger charge is 2.52. The van der Waals surface area contributed by atoms with E-state index in [2.05, 4.69) is 4.74 Å². The number of ether oxygens (including phenoxy) is 1. The van der Waals surface area contributed by atoms with Crippen molar-refractivity contribution in [2.75, 3.05) is 0 Å². The van der Waals surface area contributed by atoms with Gasteiger partial charge < -0.3 is 4.74 Å². The first-order chi connectivity index (χ1) is 9.03. The van der Waals surface area contributed by atoms with E-state index in [0.29, 0.717) is 0 Å². The van der Waals surface area contributed by atoms with E-state index in [9.17, 15) is 35.9 Å². The molecule has 0 fully saturated rings. The summed E-state index contributed by atoms with van der Waals surface area (Å²) in [7, 11) is 0. The minimum Gasteiger partial charge on any atom is -0.437 e. The van der Waals surface area contributed by atoms with Gasteiger partial charge in [0, 0.05) is 5.56 Å². The zero-order chi connectivity index (χ0) is 15.6. The fourth-order valence-corrected chi connectivity index (χ4v) is 1.20. The van der Waals surface area contributed by atoms with Gasteiger partial charge in [-0.25, -0.2) is 4.79 Å². The van der Waals surface area contributed by atoms with Crippen LogP contribution in [0, 0.1) is 0 Å². The molecule has 0 heterocycles. The molecule has 1 unspecified atom stereocenters. The normalized spacial score (nSPS) is 13.7. The lowest BCUT2D eigenvalue weighted by molar-refractivity contribution is -0.234. The number of carbonyl (C=O) groups excluding carboxylic acids is 2. The largest absolute Gasteiger partial charge is 0.490 e. The molecule has 0 saturated carbocycles. The van der Waals surface area contributed by atoms with Crippen LogP contribution in [0.2, 0.25) is 0 Å². The van der Waals surface area contributed by atoms with Gasteiger partial charge in [0.1, 0.15) is 0 Å². The standard InChI is InChI=1S/C11H6F6O3/c12-10(13,14)8(20-9(19)11(15,16)17)7(18)6-4-2-1-3-5-6/h1-5,8H. The van der Waals surface area contributed by atoms with Gasteiger partial charge in [-0.1, -0.05) is 30.3 Å². The van der Waals surface area contributed by atoms with Crippen LogP contribution >= 0.6 is 0 Å². The van der Waals surface area contributed by atoms with E-state index in [1.807, 2.05) is 0 Å². The van der Waals surface area contributed by atoms with Gasteiger partial charge >= 0.3 is 18.3 Å². The van der Waals surface area contributed by atoms with Crippen molar-refractivity contribution in [1.82, 2.24) is 0 Å². The van der Waals surface area contributed by atoms with Crippen molar-refractivity contribution in [3.8, 4) is 0 Å². The van der Waals surface area contributed by atoms with E-state index in [1.165, 1.54) is 18.2 Å². The van der Waals surface area contributed by atoms with Crippen molar-refractivity contribution in [3.63, 3.8) is 0 Å². The zero-order valence-corrected chi connectivity index (χ0v) is 9.46. The second-order valence-corrected chi connectivity index (χ2v) is 3.55. The number of carbonyl (C=O) groups is 2. The fourth-order valence-electron chi connectivity index (χ4n) is 1.20. The summed E-state index contributed by atoms with van der Waals surface area (Å²) in [6.07, 6.45) is -14.6. The molecule has 1 rings (SSSR count). The third kappa shape index (κ3) is 3.97. The average Bonchev–Trinajstić information content (AvgIpc) is 2.33. The number of hydrogen-bond donors (Lipinski definition) is 0. The molecule has 3 nitrogen and oxygen atoms in total. The summed E-state index contributed by atoms with van der Waals surface area (Å²) in [5.41, 5.74) is -0.523. The molecule has 0 aliphatic rings. The molecule has 0 aliphatic heterocycles. The van der Waals surface area contributed by atoms with Crippen LogP contribution in [-0.2, 0) is 9.53 Å². The number of halogens is 6. The molecule has 0 N–H and O–H groups in total. The quantitative estimate of drug-likeness (QED) is 0.490. The molecule has 0 spiro atoms. The molecule has 0 bridgehead atoms. The highest BCUT2D eigenvalue weighted by atomic mass is 19.4. The minimum absolute atomic E-state index is 0.523. The van der Waals surface area contributed by atoms with Crippen molar-refractivity contribution in [1.29, 1.82) is 0 Å².